The highest BCUT2D eigenvalue weighted by atomic mass is 79.9. The smallest absolute Gasteiger partial charge is 0.224 e. The largest absolute Gasteiger partial charge is 0.395 e. The zero-order valence-corrected chi connectivity index (χ0v) is 12.5. The minimum atomic E-state index is 0.0426. The maximum Gasteiger partial charge on any atom is 0.224 e. The Morgan fingerprint density at radius 2 is 2.00 bits per heavy atom. The lowest BCUT2D eigenvalue weighted by Crippen LogP contribution is -2.27. The van der Waals surface area contributed by atoms with Crippen LogP contribution in [0.2, 0.25) is 5.28 Å². The quantitative estimate of drug-likeness (QED) is 0.849. The number of hydrogen-bond donors (Lipinski definition) is 1. The van der Waals surface area contributed by atoms with E-state index in [0.717, 1.165) is 10.0 Å². The summed E-state index contributed by atoms with van der Waals surface area (Å²) in [5.41, 5.74) is 1.14. The Labute approximate surface area is 125 Å². The van der Waals surface area contributed by atoms with E-state index in [0.29, 0.717) is 18.9 Å². The van der Waals surface area contributed by atoms with E-state index >= 15 is 0 Å². The first kappa shape index (κ1) is 14.2. The molecule has 0 radical (unpaired) electrons. The van der Waals surface area contributed by atoms with Gasteiger partial charge in [-0.1, -0.05) is 30.3 Å². The van der Waals surface area contributed by atoms with Gasteiger partial charge < -0.3 is 10.0 Å². The zero-order valence-electron chi connectivity index (χ0n) is 10.1. The topological polar surface area (TPSA) is 49.2 Å². The van der Waals surface area contributed by atoms with Crippen LogP contribution in [0.1, 0.15) is 5.56 Å². The molecule has 6 heteroatoms. The standard InChI is InChI=1S/C13H13BrClN3O/c14-11-8-16-13(15)17-12(11)18(6-7-19)9-10-4-2-1-3-5-10/h1-5,8,19H,6-7,9H2. The highest BCUT2D eigenvalue weighted by molar-refractivity contribution is 9.10. The van der Waals surface area contributed by atoms with Gasteiger partial charge in [0.25, 0.3) is 0 Å². The van der Waals surface area contributed by atoms with Crippen molar-refractivity contribution >= 4 is 33.3 Å². The van der Waals surface area contributed by atoms with Crippen LogP contribution in [0, 0.1) is 0 Å². The van der Waals surface area contributed by atoms with Gasteiger partial charge in [0.05, 0.1) is 11.1 Å². The first-order chi connectivity index (χ1) is 9.20. The van der Waals surface area contributed by atoms with Gasteiger partial charge in [-0.25, -0.2) is 4.98 Å². The number of nitrogens with zero attached hydrogens (tertiary/aromatic N) is 3. The Bertz CT molecular complexity index is 539. The number of aromatic nitrogens is 2. The number of benzene rings is 1. The van der Waals surface area contributed by atoms with Crippen molar-refractivity contribution in [2.75, 3.05) is 18.1 Å². The average molecular weight is 343 g/mol. The Morgan fingerprint density at radius 3 is 2.68 bits per heavy atom. The third-order valence-electron chi connectivity index (χ3n) is 2.58. The fraction of sp³-hybridized carbons (Fsp3) is 0.231. The first-order valence-electron chi connectivity index (χ1n) is 5.78. The third-order valence-corrected chi connectivity index (χ3v) is 3.32. The molecule has 0 bridgehead atoms. The van der Waals surface area contributed by atoms with Crippen LogP contribution in [0.15, 0.2) is 41.0 Å². The molecule has 0 spiro atoms. The number of halogens is 2. The van der Waals surface area contributed by atoms with Gasteiger partial charge in [0.2, 0.25) is 5.28 Å². The summed E-state index contributed by atoms with van der Waals surface area (Å²) in [6.45, 7) is 1.16. The van der Waals surface area contributed by atoms with E-state index in [1.54, 1.807) is 6.20 Å². The molecule has 0 fully saturated rings. The van der Waals surface area contributed by atoms with E-state index < -0.39 is 0 Å². The number of aliphatic hydroxyl groups is 1. The molecular formula is C13H13BrClN3O. The molecule has 0 aliphatic rings. The molecule has 1 heterocycles. The van der Waals surface area contributed by atoms with Gasteiger partial charge >= 0.3 is 0 Å². The lowest BCUT2D eigenvalue weighted by Gasteiger charge is -2.23. The molecule has 0 amide bonds. The third kappa shape index (κ3) is 3.89. The van der Waals surface area contributed by atoms with Gasteiger partial charge in [0.1, 0.15) is 5.82 Å². The number of aliphatic hydroxyl groups excluding tert-OH is 1. The normalized spacial score (nSPS) is 10.5. The van der Waals surface area contributed by atoms with Crippen LogP contribution in [0.4, 0.5) is 5.82 Å². The summed E-state index contributed by atoms with van der Waals surface area (Å²) in [4.78, 5) is 10.1. The van der Waals surface area contributed by atoms with Crippen LogP contribution >= 0.6 is 27.5 Å². The SMILES string of the molecule is OCCN(Cc1ccccc1)c1nc(Cl)ncc1Br. The number of anilines is 1. The summed E-state index contributed by atoms with van der Waals surface area (Å²) in [7, 11) is 0. The van der Waals surface area contributed by atoms with Crippen molar-refractivity contribution in [3.8, 4) is 0 Å². The van der Waals surface area contributed by atoms with Gasteiger partial charge in [-0.3, -0.25) is 0 Å². The van der Waals surface area contributed by atoms with Crippen molar-refractivity contribution in [3.05, 3.63) is 51.8 Å². The van der Waals surface area contributed by atoms with Crippen LogP contribution in [-0.2, 0) is 6.54 Å². The zero-order chi connectivity index (χ0) is 13.7. The second-order valence-electron chi connectivity index (χ2n) is 3.94. The summed E-state index contributed by atoms with van der Waals surface area (Å²) in [6.07, 6.45) is 1.61. The van der Waals surface area contributed by atoms with E-state index in [-0.39, 0.29) is 11.9 Å². The van der Waals surface area contributed by atoms with Gasteiger partial charge in [0.15, 0.2) is 0 Å². The second kappa shape index (κ2) is 6.84. The van der Waals surface area contributed by atoms with Crippen molar-refractivity contribution in [2.45, 2.75) is 6.54 Å². The van der Waals surface area contributed by atoms with Crippen LogP contribution < -0.4 is 4.90 Å². The highest BCUT2D eigenvalue weighted by Crippen LogP contribution is 2.25. The van der Waals surface area contributed by atoms with Crippen LogP contribution in [0.25, 0.3) is 0 Å². The van der Waals surface area contributed by atoms with Crippen molar-refractivity contribution < 1.29 is 5.11 Å². The Morgan fingerprint density at radius 1 is 1.26 bits per heavy atom. The molecule has 2 rings (SSSR count). The molecule has 19 heavy (non-hydrogen) atoms. The maximum absolute atomic E-state index is 9.20. The van der Waals surface area contributed by atoms with Crippen molar-refractivity contribution in [3.63, 3.8) is 0 Å². The molecule has 0 aliphatic carbocycles. The predicted molar refractivity (Wildman–Crippen MR) is 79.3 cm³/mol. The molecule has 1 aromatic heterocycles. The Hall–Kier alpha value is -1.17. The average Bonchev–Trinajstić information content (AvgIpc) is 2.42. The lowest BCUT2D eigenvalue weighted by molar-refractivity contribution is 0.301. The minimum Gasteiger partial charge on any atom is -0.395 e. The summed E-state index contributed by atoms with van der Waals surface area (Å²) in [5, 5.41) is 9.39. The van der Waals surface area contributed by atoms with Crippen LogP contribution in [-0.4, -0.2) is 28.2 Å². The van der Waals surface area contributed by atoms with E-state index in [1.807, 2.05) is 35.2 Å². The fourth-order valence-corrected chi connectivity index (χ4v) is 2.31. The molecule has 0 aliphatic heterocycles. The Balaban J connectivity index is 2.27. The molecule has 4 nitrogen and oxygen atoms in total. The van der Waals surface area contributed by atoms with Gasteiger partial charge in [-0.05, 0) is 33.1 Å². The van der Waals surface area contributed by atoms with Crippen LogP contribution in [0.3, 0.4) is 0 Å². The monoisotopic (exact) mass is 341 g/mol. The summed E-state index contributed by atoms with van der Waals surface area (Å²) >= 11 is 9.24. The first-order valence-corrected chi connectivity index (χ1v) is 6.95. The summed E-state index contributed by atoms with van der Waals surface area (Å²) < 4.78 is 0.751. The van der Waals surface area contributed by atoms with E-state index in [2.05, 4.69) is 25.9 Å². The lowest BCUT2D eigenvalue weighted by atomic mass is 10.2. The fourth-order valence-electron chi connectivity index (χ4n) is 1.74. The molecule has 0 unspecified atom stereocenters. The van der Waals surface area contributed by atoms with Crippen molar-refractivity contribution in [1.29, 1.82) is 0 Å². The number of hydrogen-bond acceptors (Lipinski definition) is 4. The Kier molecular flexibility index (Phi) is 5.13. The minimum absolute atomic E-state index is 0.0426. The molecule has 100 valence electrons. The van der Waals surface area contributed by atoms with Crippen molar-refractivity contribution in [2.24, 2.45) is 0 Å². The molecule has 0 saturated carbocycles. The van der Waals surface area contributed by atoms with E-state index in [1.165, 1.54) is 0 Å². The van der Waals surface area contributed by atoms with Gasteiger partial charge in [-0.15, -0.1) is 0 Å². The maximum atomic E-state index is 9.20. The van der Waals surface area contributed by atoms with E-state index in [9.17, 15) is 5.11 Å². The predicted octanol–water partition coefficient (Wildman–Crippen LogP) is 2.89. The summed E-state index contributed by atoms with van der Waals surface area (Å²) in [6, 6.07) is 9.99. The molecular weight excluding hydrogens is 330 g/mol. The van der Waals surface area contributed by atoms with Crippen molar-refractivity contribution in [1.82, 2.24) is 9.97 Å². The molecule has 1 N–H and O–H groups in total. The van der Waals surface area contributed by atoms with E-state index in [4.69, 9.17) is 11.6 Å². The number of rotatable bonds is 5. The molecule has 0 atom stereocenters. The molecule has 2 aromatic rings. The van der Waals surface area contributed by atoms with Gasteiger partial charge in [-0.2, -0.15) is 4.98 Å². The highest BCUT2D eigenvalue weighted by Gasteiger charge is 2.13. The second-order valence-corrected chi connectivity index (χ2v) is 5.13. The summed E-state index contributed by atoms with van der Waals surface area (Å²) in [5.74, 6) is 0.679. The van der Waals surface area contributed by atoms with Crippen LogP contribution in [0.5, 0.6) is 0 Å². The molecule has 1 aromatic carbocycles. The van der Waals surface area contributed by atoms with Gasteiger partial charge in [0, 0.05) is 19.3 Å². The molecule has 0 saturated heterocycles.